The van der Waals surface area contributed by atoms with Gasteiger partial charge in [-0.1, -0.05) is 12.2 Å². The van der Waals surface area contributed by atoms with E-state index in [1.165, 1.54) is 25.3 Å². The molecule has 1 aromatic carbocycles. The van der Waals surface area contributed by atoms with Crippen molar-refractivity contribution in [1.82, 2.24) is 14.9 Å². The van der Waals surface area contributed by atoms with Gasteiger partial charge in [-0.05, 0) is 63.5 Å². The predicted molar refractivity (Wildman–Crippen MR) is 158 cm³/mol. The number of nitrogens with one attached hydrogen (secondary N) is 3. The van der Waals surface area contributed by atoms with Crippen LogP contribution in [0.3, 0.4) is 0 Å². The van der Waals surface area contributed by atoms with Gasteiger partial charge in [-0.2, -0.15) is 5.26 Å². The maximum Gasteiger partial charge on any atom is 0.411 e. The van der Waals surface area contributed by atoms with Gasteiger partial charge in [0.1, 0.15) is 17.4 Å². The molecule has 3 fully saturated rings. The van der Waals surface area contributed by atoms with Crippen LogP contribution in [0.25, 0.3) is 0 Å². The Morgan fingerprint density at radius 2 is 1.89 bits per heavy atom. The molecular formula is C30H37N5O8S. The third-order valence-corrected chi connectivity index (χ3v) is 10.6. The quantitative estimate of drug-likeness (QED) is 0.398. The maximum atomic E-state index is 13.8. The van der Waals surface area contributed by atoms with Gasteiger partial charge in [0, 0.05) is 31.3 Å². The van der Waals surface area contributed by atoms with Crippen LogP contribution in [0.2, 0.25) is 0 Å². The minimum atomic E-state index is -3.84. The summed E-state index contributed by atoms with van der Waals surface area (Å²) in [6.07, 6.45) is 5.74. The van der Waals surface area contributed by atoms with Crippen LogP contribution in [-0.4, -0.2) is 74.7 Å². The number of hydrogen-bond acceptors (Lipinski definition) is 9. The van der Waals surface area contributed by atoms with Crippen molar-refractivity contribution in [3.05, 3.63) is 35.9 Å². The zero-order valence-electron chi connectivity index (χ0n) is 24.7. The third kappa shape index (κ3) is 6.83. The first kappa shape index (κ1) is 31.3. The second kappa shape index (κ2) is 12.5. The number of nitrogens with zero attached hydrogens (tertiary/aromatic N) is 2. The zero-order valence-corrected chi connectivity index (χ0v) is 25.5. The average Bonchev–Trinajstić information content (AvgIpc) is 3.91. The molecular weight excluding hydrogens is 590 g/mol. The minimum Gasteiger partial charge on any atom is -0.497 e. The molecule has 0 radical (unpaired) electrons. The van der Waals surface area contributed by atoms with Crippen molar-refractivity contribution >= 4 is 39.5 Å². The fourth-order valence-electron chi connectivity index (χ4n) is 6.04. The Labute approximate surface area is 256 Å². The largest absolute Gasteiger partial charge is 0.497 e. The topological polar surface area (TPSA) is 184 Å². The summed E-state index contributed by atoms with van der Waals surface area (Å²) in [4.78, 5) is 55.1. The number of hydrogen-bond donors (Lipinski definition) is 3. The van der Waals surface area contributed by atoms with Crippen LogP contribution in [0.1, 0.15) is 56.9 Å². The van der Waals surface area contributed by atoms with Crippen LogP contribution in [0.15, 0.2) is 30.4 Å². The molecule has 1 heterocycles. The van der Waals surface area contributed by atoms with E-state index < -0.39 is 56.7 Å². The summed E-state index contributed by atoms with van der Waals surface area (Å²) in [6.45, 7) is 0.495. The highest BCUT2D eigenvalue weighted by atomic mass is 32.2. The molecule has 0 unspecified atom stereocenters. The van der Waals surface area contributed by atoms with Crippen LogP contribution in [0.5, 0.6) is 5.75 Å². The molecule has 236 valence electrons. The number of amides is 4. The molecule has 4 amide bonds. The second-order valence-corrected chi connectivity index (χ2v) is 14.0. The molecule has 1 aliphatic heterocycles. The molecule has 5 rings (SSSR count). The van der Waals surface area contributed by atoms with E-state index in [0.717, 1.165) is 12.8 Å². The van der Waals surface area contributed by atoms with E-state index in [-0.39, 0.29) is 42.3 Å². The van der Waals surface area contributed by atoms with E-state index in [1.54, 1.807) is 11.9 Å². The van der Waals surface area contributed by atoms with E-state index in [1.807, 2.05) is 18.2 Å². The molecule has 0 saturated heterocycles. The van der Waals surface area contributed by atoms with E-state index in [2.05, 4.69) is 15.4 Å². The molecule has 13 nitrogen and oxygen atoms in total. The zero-order chi connectivity index (χ0) is 31.6. The van der Waals surface area contributed by atoms with Crippen LogP contribution in [0, 0.1) is 29.1 Å². The van der Waals surface area contributed by atoms with E-state index in [9.17, 15) is 32.9 Å². The number of fused-ring (bicyclic) bond motifs is 2. The average molecular weight is 628 g/mol. The van der Waals surface area contributed by atoms with E-state index in [4.69, 9.17) is 9.47 Å². The molecule has 3 N–H and O–H groups in total. The Bertz CT molecular complexity index is 1520. The summed E-state index contributed by atoms with van der Waals surface area (Å²) in [7, 11) is -0.740. The molecule has 3 saturated carbocycles. The molecule has 3 aliphatic carbocycles. The van der Waals surface area contributed by atoms with Gasteiger partial charge in [-0.15, -0.1) is 0 Å². The lowest BCUT2D eigenvalue weighted by Crippen LogP contribution is -2.54. The summed E-state index contributed by atoms with van der Waals surface area (Å²) in [5.41, 5.74) is -0.899. The lowest BCUT2D eigenvalue weighted by molar-refractivity contribution is -0.140. The Kier molecular flexibility index (Phi) is 8.88. The van der Waals surface area contributed by atoms with Crippen molar-refractivity contribution in [2.45, 2.75) is 68.3 Å². The van der Waals surface area contributed by atoms with Crippen molar-refractivity contribution in [3.63, 3.8) is 0 Å². The monoisotopic (exact) mass is 627 g/mol. The fourth-order valence-corrected chi connectivity index (χ4v) is 7.41. The molecule has 1 aromatic rings. The SMILES string of the molecule is COc1cc(C#N)cc(NC(=O)O[C@@H]2C[C@@H]3C(=O)N[C@]4(C(=O)NS(=O)(=O)C5CC5)C[C@@H]4/C=C\CCCCN(C)C(=O)[C@H]3C2)c1. The molecule has 0 bridgehead atoms. The van der Waals surface area contributed by atoms with Crippen molar-refractivity contribution < 1.29 is 37.1 Å². The van der Waals surface area contributed by atoms with Gasteiger partial charge in [0.15, 0.2) is 0 Å². The first-order chi connectivity index (χ1) is 21.0. The summed E-state index contributed by atoms with van der Waals surface area (Å²) in [5, 5.41) is 14.0. The minimum absolute atomic E-state index is 0.0314. The molecule has 0 aromatic heterocycles. The maximum absolute atomic E-state index is 13.8. The number of carbonyl (C=O) groups is 4. The number of sulfonamides is 1. The number of methoxy groups -OCH3 is 1. The summed E-state index contributed by atoms with van der Waals surface area (Å²) < 4.78 is 38.1. The fraction of sp³-hybridized carbons (Fsp3) is 0.567. The number of nitriles is 1. The standard InChI is InChI=1S/C30H37N5O8S/c1-35-10-6-4-3-5-7-19-16-30(19,28(38)34-44(40,41)23-8-9-23)33-26(36)24-14-22(15-25(24)27(35)37)43-29(39)32-20-11-18(17-31)12-21(13-20)42-2/h5,7,11-13,19,22-25H,3-4,6,8-10,14-16H2,1-2H3,(H,32,39)(H,33,36)(H,34,38)/b7-5-/t19-,22+,24-,25-,30+/m0/s1. The number of anilines is 1. The Morgan fingerprint density at radius 1 is 1.14 bits per heavy atom. The Balaban J connectivity index is 1.34. The molecule has 44 heavy (non-hydrogen) atoms. The summed E-state index contributed by atoms with van der Waals surface area (Å²) in [6, 6.07) is 6.48. The van der Waals surface area contributed by atoms with Crippen LogP contribution in [-0.2, 0) is 29.1 Å². The Morgan fingerprint density at radius 3 is 2.59 bits per heavy atom. The third-order valence-electron chi connectivity index (χ3n) is 8.79. The van der Waals surface area contributed by atoms with Gasteiger partial charge >= 0.3 is 6.09 Å². The van der Waals surface area contributed by atoms with Gasteiger partial charge in [-0.25, -0.2) is 13.2 Å². The van der Waals surface area contributed by atoms with Gasteiger partial charge in [0.2, 0.25) is 21.8 Å². The number of allylic oxidation sites excluding steroid dienone is 1. The number of ether oxygens (including phenoxy) is 2. The number of rotatable bonds is 6. The first-order valence-electron chi connectivity index (χ1n) is 14.8. The van der Waals surface area contributed by atoms with Gasteiger partial charge in [-0.3, -0.25) is 24.4 Å². The number of carbonyl (C=O) groups excluding carboxylic acids is 4. The molecule has 5 atom stereocenters. The smallest absolute Gasteiger partial charge is 0.411 e. The van der Waals surface area contributed by atoms with Gasteiger partial charge < -0.3 is 19.7 Å². The molecule has 0 spiro atoms. The lowest BCUT2D eigenvalue weighted by Gasteiger charge is -2.26. The van der Waals surface area contributed by atoms with Crippen LogP contribution < -0.4 is 20.1 Å². The lowest BCUT2D eigenvalue weighted by atomic mass is 9.93. The normalized spacial score (nSPS) is 29.5. The van der Waals surface area contributed by atoms with E-state index >= 15 is 0 Å². The second-order valence-electron chi connectivity index (χ2n) is 12.0. The summed E-state index contributed by atoms with van der Waals surface area (Å²) >= 11 is 0. The van der Waals surface area contributed by atoms with Crippen molar-refractivity contribution in [2.24, 2.45) is 17.8 Å². The highest BCUT2D eigenvalue weighted by Gasteiger charge is 2.62. The summed E-state index contributed by atoms with van der Waals surface area (Å²) in [5.74, 6) is -3.36. The predicted octanol–water partition coefficient (Wildman–Crippen LogP) is 2.19. The molecule has 4 aliphatic rings. The highest BCUT2D eigenvalue weighted by Crippen LogP contribution is 2.47. The van der Waals surface area contributed by atoms with Crippen molar-refractivity contribution in [2.75, 3.05) is 26.0 Å². The first-order valence-corrected chi connectivity index (χ1v) is 16.4. The van der Waals surface area contributed by atoms with Crippen molar-refractivity contribution in [1.29, 1.82) is 5.26 Å². The molecule has 14 heteroatoms. The van der Waals surface area contributed by atoms with Crippen LogP contribution in [0.4, 0.5) is 10.5 Å². The van der Waals surface area contributed by atoms with Crippen LogP contribution >= 0.6 is 0 Å². The van der Waals surface area contributed by atoms with Gasteiger partial charge in [0.05, 0.1) is 35.8 Å². The highest BCUT2D eigenvalue weighted by molar-refractivity contribution is 7.91. The Hall–Kier alpha value is -4.12. The van der Waals surface area contributed by atoms with Gasteiger partial charge in [0.25, 0.3) is 5.91 Å². The number of benzene rings is 1. The van der Waals surface area contributed by atoms with Crippen molar-refractivity contribution in [3.8, 4) is 11.8 Å². The van der Waals surface area contributed by atoms with E-state index in [0.29, 0.717) is 31.6 Å².